The van der Waals surface area contributed by atoms with Gasteiger partial charge in [0.25, 0.3) is 0 Å². The molecule has 0 saturated heterocycles. The third-order valence-corrected chi connectivity index (χ3v) is 4.39. The minimum atomic E-state index is 0.241. The van der Waals surface area contributed by atoms with Gasteiger partial charge in [0.15, 0.2) is 0 Å². The van der Waals surface area contributed by atoms with Crippen molar-refractivity contribution in [3.8, 4) is 0 Å². The van der Waals surface area contributed by atoms with E-state index >= 15 is 0 Å². The number of halogens is 2. The molecular formula is C12H12BrClN2S. The van der Waals surface area contributed by atoms with E-state index < -0.39 is 0 Å². The first-order valence-corrected chi connectivity index (χ1v) is 7.19. The lowest BCUT2D eigenvalue weighted by molar-refractivity contribution is 0.903. The summed E-state index contributed by atoms with van der Waals surface area (Å²) in [6, 6.07) is 6.38. The molecule has 2 nitrogen and oxygen atoms in total. The lowest BCUT2D eigenvalue weighted by atomic mass is 10.2. The highest BCUT2D eigenvalue weighted by molar-refractivity contribution is 9.10. The second kappa shape index (κ2) is 5.38. The molecule has 0 radical (unpaired) electrons. The van der Waals surface area contributed by atoms with Gasteiger partial charge in [-0.3, -0.25) is 0 Å². The first kappa shape index (κ1) is 12.9. The number of hydrogen-bond acceptors (Lipinski definition) is 3. The molecule has 17 heavy (non-hydrogen) atoms. The monoisotopic (exact) mass is 330 g/mol. The molecule has 0 aliphatic carbocycles. The Morgan fingerprint density at radius 2 is 2.24 bits per heavy atom. The zero-order valence-electron chi connectivity index (χ0n) is 9.50. The van der Waals surface area contributed by atoms with E-state index in [0.29, 0.717) is 5.02 Å². The summed E-state index contributed by atoms with van der Waals surface area (Å²) in [4.78, 5) is 6.77. The molecule has 0 aromatic carbocycles. The van der Waals surface area contributed by atoms with Crippen LogP contribution in [0.4, 0.5) is 5.69 Å². The SMILES string of the molecule is Cc1ccc(C(C)Nc2cc(Cl)cnc2Br)s1. The van der Waals surface area contributed by atoms with Crippen molar-refractivity contribution in [1.82, 2.24) is 4.98 Å². The maximum absolute atomic E-state index is 5.93. The van der Waals surface area contributed by atoms with Gasteiger partial charge in [-0.1, -0.05) is 11.6 Å². The average Bonchev–Trinajstić information content (AvgIpc) is 2.70. The predicted molar refractivity (Wildman–Crippen MR) is 78.0 cm³/mol. The Labute approximate surface area is 118 Å². The molecular weight excluding hydrogens is 320 g/mol. The van der Waals surface area contributed by atoms with Crippen LogP contribution in [0.5, 0.6) is 0 Å². The third-order valence-electron chi connectivity index (χ3n) is 2.37. The number of aryl methyl sites for hydroxylation is 1. The Bertz CT molecular complexity index is 527. The molecule has 2 rings (SSSR count). The van der Waals surface area contributed by atoms with Gasteiger partial charge in [-0.2, -0.15) is 0 Å². The standard InChI is InChI=1S/C12H12BrClN2S/c1-7-3-4-11(17-7)8(2)16-10-5-9(14)6-15-12(10)13/h3-6,8,16H,1-2H3. The van der Waals surface area contributed by atoms with E-state index in [1.54, 1.807) is 17.5 Å². The van der Waals surface area contributed by atoms with Crippen molar-refractivity contribution >= 4 is 44.6 Å². The molecule has 0 saturated carbocycles. The van der Waals surface area contributed by atoms with Crippen molar-refractivity contribution < 1.29 is 0 Å². The molecule has 5 heteroatoms. The summed E-state index contributed by atoms with van der Waals surface area (Å²) in [5.74, 6) is 0. The van der Waals surface area contributed by atoms with Crippen LogP contribution in [0.1, 0.15) is 22.7 Å². The number of rotatable bonds is 3. The van der Waals surface area contributed by atoms with Crippen LogP contribution >= 0.6 is 38.9 Å². The quantitative estimate of drug-likeness (QED) is 0.797. The number of thiophene rings is 1. The number of anilines is 1. The van der Waals surface area contributed by atoms with E-state index in [-0.39, 0.29) is 6.04 Å². The van der Waals surface area contributed by atoms with Crippen LogP contribution in [-0.4, -0.2) is 4.98 Å². The van der Waals surface area contributed by atoms with Gasteiger partial charge in [-0.15, -0.1) is 11.3 Å². The number of hydrogen-bond donors (Lipinski definition) is 1. The number of pyridine rings is 1. The molecule has 2 aromatic heterocycles. The van der Waals surface area contributed by atoms with Gasteiger partial charge in [0.1, 0.15) is 4.60 Å². The van der Waals surface area contributed by atoms with Crippen LogP contribution in [0.25, 0.3) is 0 Å². The van der Waals surface area contributed by atoms with E-state index in [2.05, 4.69) is 52.2 Å². The summed E-state index contributed by atoms with van der Waals surface area (Å²) in [6.07, 6.45) is 1.62. The maximum atomic E-state index is 5.93. The van der Waals surface area contributed by atoms with Crippen molar-refractivity contribution in [2.75, 3.05) is 5.32 Å². The Hall–Kier alpha value is -0.580. The fraction of sp³-hybridized carbons (Fsp3) is 0.250. The summed E-state index contributed by atoms with van der Waals surface area (Å²) >= 11 is 11.1. The second-order valence-corrected chi connectivity index (χ2v) is 6.31. The van der Waals surface area contributed by atoms with Crippen molar-refractivity contribution in [1.29, 1.82) is 0 Å². The Balaban J connectivity index is 2.18. The summed E-state index contributed by atoms with van der Waals surface area (Å²) in [6.45, 7) is 4.23. The van der Waals surface area contributed by atoms with Crippen molar-refractivity contribution in [3.63, 3.8) is 0 Å². The minimum Gasteiger partial charge on any atom is -0.375 e. The van der Waals surface area contributed by atoms with E-state index in [1.165, 1.54) is 9.75 Å². The van der Waals surface area contributed by atoms with Crippen LogP contribution in [-0.2, 0) is 0 Å². The molecule has 1 atom stereocenters. The van der Waals surface area contributed by atoms with Crippen LogP contribution in [0.3, 0.4) is 0 Å². The number of nitrogens with one attached hydrogen (secondary N) is 1. The summed E-state index contributed by atoms with van der Waals surface area (Å²) in [5.41, 5.74) is 0.913. The second-order valence-electron chi connectivity index (χ2n) is 3.81. The van der Waals surface area contributed by atoms with Crippen LogP contribution in [0, 0.1) is 6.92 Å². The topological polar surface area (TPSA) is 24.9 Å². The highest BCUT2D eigenvalue weighted by atomic mass is 79.9. The maximum Gasteiger partial charge on any atom is 0.129 e. The van der Waals surface area contributed by atoms with Gasteiger partial charge in [-0.05, 0) is 48.0 Å². The molecule has 0 spiro atoms. The first-order valence-electron chi connectivity index (χ1n) is 5.20. The highest BCUT2D eigenvalue weighted by Crippen LogP contribution is 2.29. The zero-order chi connectivity index (χ0) is 12.4. The third kappa shape index (κ3) is 3.21. The molecule has 1 N–H and O–H groups in total. The average molecular weight is 332 g/mol. The predicted octanol–water partition coefficient (Wildman–Crippen LogP) is 5.04. The van der Waals surface area contributed by atoms with E-state index in [1.807, 2.05) is 6.07 Å². The van der Waals surface area contributed by atoms with Gasteiger partial charge in [-0.25, -0.2) is 4.98 Å². The zero-order valence-corrected chi connectivity index (χ0v) is 12.7. The molecule has 2 aromatic rings. The van der Waals surface area contributed by atoms with Crippen LogP contribution in [0.2, 0.25) is 5.02 Å². The molecule has 0 bridgehead atoms. The highest BCUT2D eigenvalue weighted by Gasteiger charge is 2.10. The summed E-state index contributed by atoms with van der Waals surface area (Å²) < 4.78 is 0.780. The molecule has 0 aliphatic heterocycles. The normalized spacial score (nSPS) is 12.5. The van der Waals surface area contributed by atoms with Gasteiger partial charge in [0.05, 0.1) is 16.8 Å². The Morgan fingerprint density at radius 3 is 2.88 bits per heavy atom. The van der Waals surface area contributed by atoms with Crippen LogP contribution in [0.15, 0.2) is 29.0 Å². The van der Waals surface area contributed by atoms with Gasteiger partial charge in [0, 0.05) is 16.0 Å². The molecule has 2 heterocycles. The molecule has 90 valence electrons. The van der Waals surface area contributed by atoms with Gasteiger partial charge < -0.3 is 5.32 Å². The fourth-order valence-corrected chi connectivity index (χ4v) is 2.88. The smallest absolute Gasteiger partial charge is 0.129 e. The van der Waals surface area contributed by atoms with E-state index in [0.717, 1.165) is 10.3 Å². The molecule has 0 fully saturated rings. The van der Waals surface area contributed by atoms with Crippen LogP contribution < -0.4 is 5.32 Å². The molecule has 1 unspecified atom stereocenters. The fourth-order valence-electron chi connectivity index (χ4n) is 1.51. The van der Waals surface area contributed by atoms with Crippen molar-refractivity contribution in [3.05, 3.63) is 43.8 Å². The first-order chi connectivity index (χ1) is 8.06. The summed E-state index contributed by atoms with van der Waals surface area (Å²) in [7, 11) is 0. The Kier molecular flexibility index (Phi) is 4.07. The van der Waals surface area contributed by atoms with Crippen molar-refractivity contribution in [2.45, 2.75) is 19.9 Å². The largest absolute Gasteiger partial charge is 0.375 e. The minimum absolute atomic E-state index is 0.241. The summed E-state index contributed by atoms with van der Waals surface area (Å²) in [5, 5.41) is 4.03. The molecule has 0 aliphatic rings. The van der Waals surface area contributed by atoms with Gasteiger partial charge >= 0.3 is 0 Å². The number of aromatic nitrogens is 1. The number of nitrogens with zero attached hydrogens (tertiary/aromatic N) is 1. The van der Waals surface area contributed by atoms with E-state index in [4.69, 9.17) is 11.6 Å². The van der Waals surface area contributed by atoms with Gasteiger partial charge in [0.2, 0.25) is 0 Å². The molecule has 0 amide bonds. The van der Waals surface area contributed by atoms with E-state index in [9.17, 15) is 0 Å². The van der Waals surface area contributed by atoms with Crippen molar-refractivity contribution in [2.24, 2.45) is 0 Å². The Morgan fingerprint density at radius 1 is 1.47 bits per heavy atom. The lowest BCUT2D eigenvalue weighted by Gasteiger charge is -2.14. The lowest BCUT2D eigenvalue weighted by Crippen LogP contribution is -2.05.